The molecule has 120 valence electrons. The van der Waals surface area contributed by atoms with Crippen LogP contribution >= 0.6 is 0 Å². The fourth-order valence-corrected chi connectivity index (χ4v) is 2.80. The number of carboxylic acids is 1. The summed E-state index contributed by atoms with van der Waals surface area (Å²) in [6.45, 7) is 1.31. The van der Waals surface area contributed by atoms with E-state index in [0.717, 1.165) is 42.2 Å². The molecule has 2 aromatic rings. The van der Waals surface area contributed by atoms with Crippen molar-refractivity contribution in [3.63, 3.8) is 0 Å². The summed E-state index contributed by atoms with van der Waals surface area (Å²) in [6.07, 6.45) is 1.59. The van der Waals surface area contributed by atoms with Crippen molar-refractivity contribution in [1.29, 1.82) is 0 Å². The summed E-state index contributed by atoms with van der Waals surface area (Å²) in [5.41, 5.74) is 1.75. The molecule has 23 heavy (non-hydrogen) atoms. The van der Waals surface area contributed by atoms with Crippen LogP contribution in [0.25, 0.3) is 11.3 Å². The lowest BCUT2D eigenvalue weighted by Gasteiger charge is -2.31. The lowest BCUT2D eigenvalue weighted by Crippen LogP contribution is -2.39. The van der Waals surface area contributed by atoms with E-state index in [1.54, 1.807) is 7.11 Å². The molecule has 1 saturated heterocycles. The first-order valence-electron chi connectivity index (χ1n) is 7.63. The highest BCUT2D eigenvalue weighted by Gasteiger charge is 2.26. The number of methoxy groups -OCH3 is 1. The van der Waals surface area contributed by atoms with Crippen LogP contribution in [0.5, 0.6) is 5.75 Å². The van der Waals surface area contributed by atoms with E-state index in [1.165, 1.54) is 0 Å². The second-order valence-corrected chi connectivity index (χ2v) is 5.63. The lowest BCUT2D eigenvalue weighted by atomic mass is 9.98. The molecule has 1 aromatic heterocycles. The van der Waals surface area contributed by atoms with Crippen LogP contribution in [0, 0.1) is 5.92 Å². The number of rotatable bonds is 4. The molecule has 0 aliphatic carbocycles. The van der Waals surface area contributed by atoms with E-state index in [4.69, 9.17) is 9.84 Å². The van der Waals surface area contributed by atoms with Crippen molar-refractivity contribution in [3.8, 4) is 17.0 Å². The Kier molecular flexibility index (Phi) is 4.41. The molecular formula is C17H19N3O3. The number of anilines is 1. The summed E-state index contributed by atoms with van der Waals surface area (Å²) >= 11 is 0. The fourth-order valence-electron chi connectivity index (χ4n) is 2.80. The third kappa shape index (κ3) is 3.41. The van der Waals surface area contributed by atoms with Crippen molar-refractivity contribution in [2.75, 3.05) is 25.1 Å². The first kappa shape index (κ1) is 15.3. The zero-order valence-corrected chi connectivity index (χ0v) is 13.0. The molecule has 0 saturated carbocycles. The number of aromatic nitrogens is 2. The van der Waals surface area contributed by atoms with Crippen molar-refractivity contribution >= 4 is 11.8 Å². The highest BCUT2D eigenvalue weighted by atomic mass is 16.5. The molecule has 6 nitrogen and oxygen atoms in total. The maximum absolute atomic E-state index is 11.1. The summed E-state index contributed by atoms with van der Waals surface area (Å²) in [7, 11) is 1.63. The van der Waals surface area contributed by atoms with E-state index < -0.39 is 5.97 Å². The number of hydrogen-bond acceptors (Lipinski definition) is 5. The van der Waals surface area contributed by atoms with Crippen LogP contribution in [0.1, 0.15) is 12.8 Å². The Hall–Kier alpha value is -2.63. The van der Waals surface area contributed by atoms with Gasteiger partial charge in [-0.05, 0) is 49.2 Å². The molecular weight excluding hydrogens is 294 g/mol. The van der Waals surface area contributed by atoms with Crippen molar-refractivity contribution in [1.82, 2.24) is 10.2 Å². The van der Waals surface area contributed by atoms with Gasteiger partial charge in [-0.1, -0.05) is 0 Å². The van der Waals surface area contributed by atoms with E-state index in [0.29, 0.717) is 6.54 Å². The van der Waals surface area contributed by atoms with E-state index in [-0.39, 0.29) is 5.92 Å². The summed E-state index contributed by atoms with van der Waals surface area (Å²) in [4.78, 5) is 13.1. The second-order valence-electron chi connectivity index (χ2n) is 5.63. The Morgan fingerprint density at radius 1 is 1.22 bits per heavy atom. The van der Waals surface area contributed by atoms with E-state index in [2.05, 4.69) is 10.2 Å². The van der Waals surface area contributed by atoms with Gasteiger partial charge in [0.1, 0.15) is 5.75 Å². The van der Waals surface area contributed by atoms with Gasteiger partial charge >= 0.3 is 5.97 Å². The third-order valence-electron chi connectivity index (χ3n) is 4.13. The number of hydrogen-bond donors (Lipinski definition) is 1. The maximum Gasteiger partial charge on any atom is 0.308 e. The van der Waals surface area contributed by atoms with Crippen LogP contribution in [0.3, 0.4) is 0 Å². The molecule has 1 atom stereocenters. The smallest absolute Gasteiger partial charge is 0.308 e. The zero-order chi connectivity index (χ0) is 16.2. The minimum Gasteiger partial charge on any atom is -0.497 e. The van der Waals surface area contributed by atoms with Gasteiger partial charge in [0.05, 0.1) is 18.7 Å². The summed E-state index contributed by atoms with van der Waals surface area (Å²) in [5.74, 6) is 0.462. The second kappa shape index (κ2) is 6.64. The Morgan fingerprint density at radius 2 is 2.00 bits per heavy atom. The van der Waals surface area contributed by atoms with Crippen molar-refractivity contribution in [2.45, 2.75) is 12.8 Å². The monoisotopic (exact) mass is 313 g/mol. The normalized spacial score (nSPS) is 17.8. The van der Waals surface area contributed by atoms with E-state index in [9.17, 15) is 4.79 Å². The Bertz CT molecular complexity index is 670. The number of aliphatic carboxylic acids is 1. The molecule has 1 aliphatic heterocycles. The zero-order valence-electron chi connectivity index (χ0n) is 13.0. The van der Waals surface area contributed by atoms with Gasteiger partial charge in [-0.15, -0.1) is 10.2 Å². The van der Waals surface area contributed by atoms with Crippen LogP contribution < -0.4 is 9.64 Å². The van der Waals surface area contributed by atoms with Crippen LogP contribution in [-0.4, -0.2) is 41.5 Å². The van der Waals surface area contributed by atoms with Crippen LogP contribution in [0.15, 0.2) is 36.4 Å². The number of carbonyl (C=O) groups is 1. The molecule has 0 bridgehead atoms. The molecule has 0 amide bonds. The van der Waals surface area contributed by atoms with Crippen molar-refractivity contribution in [3.05, 3.63) is 36.4 Å². The summed E-state index contributed by atoms with van der Waals surface area (Å²) in [5, 5.41) is 17.7. The Morgan fingerprint density at radius 3 is 2.61 bits per heavy atom. The predicted octanol–water partition coefficient (Wildman–Crippen LogP) is 2.45. The Labute approximate surface area is 134 Å². The van der Waals surface area contributed by atoms with Gasteiger partial charge in [0.25, 0.3) is 0 Å². The van der Waals surface area contributed by atoms with Gasteiger partial charge in [-0.25, -0.2) is 0 Å². The molecule has 0 unspecified atom stereocenters. The van der Waals surface area contributed by atoms with Crippen LogP contribution in [-0.2, 0) is 4.79 Å². The quantitative estimate of drug-likeness (QED) is 0.934. The highest BCUT2D eigenvalue weighted by molar-refractivity contribution is 5.71. The number of benzene rings is 1. The number of nitrogens with zero attached hydrogens (tertiary/aromatic N) is 3. The molecule has 0 spiro atoms. The van der Waals surface area contributed by atoms with Crippen molar-refractivity contribution < 1.29 is 14.6 Å². The lowest BCUT2D eigenvalue weighted by molar-refractivity contribution is -0.141. The molecule has 6 heteroatoms. The van der Waals surface area contributed by atoms with Crippen molar-refractivity contribution in [2.24, 2.45) is 5.92 Å². The van der Waals surface area contributed by atoms with Gasteiger partial charge in [0.2, 0.25) is 0 Å². The number of piperidine rings is 1. The standard InChI is InChI=1S/C17H19N3O3/c1-23-14-6-4-12(5-7-14)15-8-9-16(19-18-15)20-10-2-3-13(11-20)17(21)22/h4-9,13H,2-3,10-11H2,1H3,(H,21,22)/t13-/m1/s1. The minimum atomic E-state index is -0.738. The maximum atomic E-state index is 11.1. The largest absolute Gasteiger partial charge is 0.497 e. The van der Waals surface area contributed by atoms with E-state index in [1.807, 2.05) is 41.3 Å². The molecule has 1 fully saturated rings. The first-order valence-corrected chi connectivity index (χ1v) is 7.63. The van der Waals surface area contributed by atoms with E-state index >= 15 is 0 Å². The highest BCUT2D eigenvalue weighted by Crippen LogP contribution is 2.24. The average molecular weight is 313 g/mol. The molecule has 0 radical (unpaired) electrons. The number of carboxylic acid groups (broad SMARTS) is 1. The topological polar surface area (TPSA) is 75.5 Å². The summed E-state index contributed by atoms with van der Waals surface area (Å²) in [6, 6.07) is 11.4. The van der Waals surface area contributed by atoms with Gasteiger partial charge in [0, 0.05) is 18.7 Å². The SMILES string of the molecule is COc1ccc(-c2ccc(N3CCC[C@@H](C(=O)O)C3)nn2)cc1. The predicted molar refractivity (Wildman–Crippen MR) is 86.6 cm³/mol. The molecule has 1 aromatic carbocycles. The first-order chi connectivity index (χ1) is 11.2. The molecule has 1 N–H and O–H groups in total. The average Bonchev–Trinajstić information content (AvgIpc) is 2.62. The minimum absolute atomic E-state index is 0.327. The van der Waals surface area contributed by atoms with Gasteiger partial charge < -0.3 is 14.7 Å². The third-order valence-corrected chi connectivity index (χ3v) is 4.13. The van der Waals surface area contributed by atoms with Gasteiger partial charge in [-0.3, -0.25) is 4.79 Å². The molecule has 1 aliphatic rings. The van der Waals surface area contributed by atoms with Gasteiger partial charge in [-0.2, -0.15) is 0 Å². The number of ether oxygens (including phenoxy) is 1. The molecule has 2 heterocycles. The van der Waals surface area contributed by atoms with Gasteiger partial charge in [0.15, 0.2) is 5.82 Å². The van der Waals surface area contributed by atoms with Crippen LogP contribution in [0.4, 0.5) is 5.82 Å². The summed E-state index contributed by atoms with van der Waals surface area (Å²) < 4.78 is 5.14. The fraction of sp³-hybridized carbons (Fsp3) is 0.353. The molecule has 3 rings (SSSR count). The van der Waals surface area contributed by atoms with Crippen LogP contribution in [0.2, 0.25) is 0 Å². The Balaban J connectivity index is 1.74.